The summed E-state index contributed by atoms with van der Waals surface area (Å²) < 4.78 is 1.53. The van der Waals surface area contributed by atoms with E-state index in [1.165, 1.54) is 10.6 Å². The van der Waals surface area contributed by atoms with Gasteiger partial charge in [0.05, 0.1) is 17.1 Å². The largest absolute Gasteiger partial charge is 0.425 e. The molecule has 112 valence electrons. The maximum Gasteiger partial charge on any atom is 0.349 e. The lowest BCUT2D eigenvalue weighted by Crippen LogP contribution is -2.41. The number of nitrogens with zero attached hydrogens (tertiary/aromatic N) is 2. The Balaban J connectivity index is 2.37. The first kappa shape index (κ1) is 14.7. The van der Waals surface area contributed by atoms with Crippen molar-refractivity contribution in [1.82, 2.24) is 9.30 Å². The minimum absolute atomic E-state index is 0.0782. The highest BCUT2D eigenvalue weighted by Gasteiger charge is 2.15. The van der Waals surface area contributed by atoms with Crippen LogP contribution in [0.25, 0.3) is 11.0 Å². The Labute approximate surface area is 134 Å². The molecule has 2 aromatic carbocycles. The molecule has 5 nitrogen and oxygen atoms in total. The lowest BCUT2D eigenvalue weighted by Gasteiger charge is -2.13. The summed E-state index contributed by atoms with van der Waals surface area (Å²) in [5, 5.41) is 10.5. The summed E-state index contributed by atoms with van der Waals surface area (Å²) in [7, 11) is 0. The third kappa shape index (κ3) is 2.28. The summed E-state index contributed by atoms with van der Waals surface area (Å²) in [5.41, 5.74) is -0.812. The van der Waals surface area contributed by atoms with Crippen LogP contribution in [-0.4, -0.2) is 14.5 Å². The first-order valence-corrected chi connectivity index (χ1v) is 7.13. The first-order valence-electron chi connectivity index (χ1n) is 6.37. The van der Waals surface area contributed by atoms with Crippen LogP contribution < -0.4 is 11.1 Å². The fraction of sp³-hybridized carbons (Fsp3) is 0.0667. The average Bonchev–Trinajstić information content (AvgIpc) is 2.51. The van der Waals surface area contributed by atoms with Crippen LogP contribution in [-0.2, 0) is 6.54 Å². The zero-order valence-corrected chi connectivity index (χ0v) is 12.7. The molecule has 7 heteroatoms. The van der Waals surface area contributed by atoms with Crippen LogP contribution in [0.4, 0.5) is 0 Å². The van der Waals surface area contributed by atoms with Crippen molar-refractivity contribution in [3.63, 3.8) is 0 Å². The molecule has 0 fully saturated rings. The van der Waals surface area contributed by atoms with E-state index in [-0.39, 0.29) is 22.6 Å². The van der Waals surface area contributed by atoms with Gasteiger partial charge in [0.2, 0.25) is 0 Å². The fourth-order valence-corrected chi connectivity index (χ4v) is 2.77. The minimum Gasteiger partial charge on any atom is -0.425 e. The molecule has 0 aliphatic carbocycles. The molecule has 0 saturated heterocycles. The molecule has 1 aromatic heterocycles. The van der Waals surface area contributed by atoms with Gasteiger partial charge >= 0.3 is 11.1 Å². The molecular formula is C15H10Cl2N2O3. The van der Waals surface area contributed by atoms with Gasteiger partial charge in [0.1, 0.15) is 5.52 Å². The Hall–Kier alpha value is -2.24. The van der Waals surface area contributed by atoms with Gasteiger partial charge in [-0.25, -0.2) is 0 Å². The summed E-state index contributed by atoms with van der Waals surface area (Å²) in [4.78, 5) is 24.1. The van der Waals surface area contributed by atoms with E-state index in [1.54, 1.807) is 36.4 Å². The van der Waals surface area contributed by atoms with Crippen molar-refractivity contribution in [2.75, 3.05) is 0 Å². The van der Waals surface area contributed by atoms with Gasteiger partial charge in [-0.2, -0.15) is 0 Å². The molecule has 0 aliphatic heterocycles. The number of aromatic nitrogens is 2. The molecule has 0 amide bonds. The number of halogens is 2. The summed E-state index contributed by atoms with van der Waals surface area (Å²) in [6.07, 6.45) is 0. The molecule has 22 heavy (non-hydrogen) atoms. The number of para-hydroxylation sites is 1. The van der Waals surface area contributed by atoms with Gasteiger partial charge in [-0.3, -0.25) is 14.2 Å². The molecular weight excluding hydrogens is 327 g/mol. The van der Waals surface area contributed by atoms with E-state index in [2.05, 4.69) is 0 Å². The molecule has 0 unspecified atom stereocenters. The SMILES string of the molecule is O=c1c(=O)n(Cc2ccccc2Cl)c2c(Cl)cccc2n1O. The maximum atomic E-state index is 12.2. The number of hydrogen-bond acceptors (Lipinski definition) is 3. The van der Waals surface area contributed by atoms with Crippen molar-refractivity contribution in [3.05, 3.63) is 78.8 Å². The Bertz CT molecular complexity index is 992. The highest BCUT2D eigenvalue weighted by atomic mass is 35.5. The normalized spacial score (nSPS) is 11.0. The molecule has 1 heterocycles. The summed E-state index contributed by atoms with van der Waals surface area (Å²) >= 11 is 12.3. The van der Waals surface area contributed by atoms with Gasteiger partial charge < -0.3 is 5.21 Å². The topological polar surface area (TPSA) is 64.2 Å². The highest BCUT2D eigenvalue weighted by molar-refractivity contribution is 6.35. The average molecular weight is 337 g/mol. The predicted molar refractivity (Wildman–Crippen MR) is 85.2 cm³/mol. The Morgan fingerprint density at radius 3 is 2.32 bits per heavy atom. The highest BCUT2D eigenvalue weighted by Crippen LogP contribution is 2.23. The van der Waals surface area contributed by atoms with Gasteiger partial charge in [0, 0.05) is 5.02 Å². The summed E-state index contributed by atoms with van der Waals surface area (Å²) in [6.45, 7) is 0.0782. The molecule has 0 spiro atoms. The van der Waals surface area contributed by atoms with Crippen LogP contribution in [0.1, 0.15) is 5.56 Å². The van der Waals surface area contributed by atoms with Crippen molar-refractivity contribution >= 4 is 34.2 Å². The zero-order chi connectivity index (χ0) is 15.9. The van der Waals surface area contributed by atoms with Crippen LogP contribution in [0.3, 0.4) is 0 Å². The second kappa shape index (κ2) is 5.51. The van der Waals surface area contributed by atoms with Gasteiger partial charge in [-0.15, -0.1) is 4.73 Å². The minimum atomic E-state index is -1.04. The van der Waals surface area contributed by atoms with E-state index in [0.717, 1.165) is 0 Å². The summed E-state index contributed by atoms with van der Waals surface area (Å²) in [5.74, 6) is 0. The van der Waals surface area contributed by atoms with Crippen LogP contribution in [0.5, 0.6) is 0 Å². The van der Waals surface area contributed by atoms with Crippen molar-refractivity contribution in [2.45, 2.75) is 6.54 Å². The molecule has 0 aliphatic rings. The van der Waals surface area contributed by atoms with Crippen molar-refractivity contribution < 1.29 is 5.21 Å². The Kier molecular flexibility index (Phi) is 3.68. The Morgan fingerprint density at radius 2 is 1.59 bits per heavy atom. The van der Waals surface area contributed by atoms with E-state index in [0.29, 0.717) is 15.3 Å². The monoisotopic (exact) mass is 336 g/mol. The quantitative estimate of drug-likeness (QED) is 0.578. The second-order valence-electron chi connectivity index (χ2n) is 4.71. The van der Waals surface area contributed by atoms with Crippen LogP contribution in [0, 0.1) is 0 Å². The molecule has 0 bridgehead atoms. The first-order chi connectivity index (χ1) is 10.5. The van der Waals surface area contributed by atoms with Gasteiger partial charge in [0.15, 0.2) is 0 Å². The maximum absolute atomic E-state index is 12.2. The van der Waals surface area contributed by atoms with E-state index in [1.807, 2.05) is 0 Å². The van der Waals surface area contributed by atoms with Gasteiger partial charge in [-0.1, -0.05) is 47.5 Å². The number of rotatable bonds is 2. The third-order valence-corrected chi connectivity index (χ3v) is 4.04. The molecule has 3 rings (SSSR count). The zero-order valence-electron chi connectivity index (χ0n) is 11.2. The molecule has 1 N–H and O–H groups in total. The standard InChI is InChI=1S/C15H10Cl2N2O3/c16-10-5-2-1-4-9(10)8-18-13-11(17)6-3-7-12(13)19(22)15(21)14(18)20/h1-7,22H,8H2. The van der Waals surface area contributed by atoms with E-state index >= 15 is 0 Å². The summed E-state index contributed by atoms with van der Waals surface area (Å²) in [6, 6.07) is 11.7. The van der Waals surface area contributed by atoms with Crippen molar-refractivity contribution in [3.8, 4) is 0 Å². The lowest BCUT2D eigenvalue weighted by molar-refractivity contribution is 0.185. The molecule has 0 atom stereocenters. The van der Waals surface area contributed by atoms with Crippen LogP contribution >= 0.6 is 23.2 Å². The van der Waals surface area contributed by atoms with Crippen LogP contribution in [0.2, 0.25) is 10.0 Å². The smallest absolute Gasteiger partial charge is 0.349 e. The number of hydrogen-bond donors (Lipinski definition) is 1. The van der Waals surface area contributed by atoms with Crippen LogP contribution in [0.15, 0.2) is 52.1 Å². The number of benzene rings is 2. The van der Waals surface area contributed by atoms with Crippen molar-refractivity contribution in [1.29, 1.82) is 0 Å². The Morgan fingerprint density at radius 1 is 0.909 bits per heavy atom. The van der Waals surface area contributed by atoms with E-state index in [4.69, 9.17) is 23.2 Å². The number of fused-ring (bicyclic) bond motifs is 1. The van der Waals surface area contributed by atoms with E-state index in [9.17, 15) is 14.8 Å². The van der Waals surface area contributed by atoms with Crippen molar-refractivity contribution in [2.24, 2.45) is 0 Å². The fourth-order valence-electron chi connectivity index (χ4n) is 2.31. The second-order valence-corrected chi connectivity index (χ2v) is 5.52. The lowest BCUT2D eigenvalue weighted by atomic mass is 10.2. The van der Waals surface area contributed by atoms with Gasteiger partial charge in [-0.05, 0) is 23.8 Å². The van der Waals surface area contributed by atoms with Gasteiger partial charge in [0.25, 0.3) is 0 Å². The third-order valence-electron chi connectivity index (χ3n) is 3.37. The predicted octanol–water partition coefficient (Wildman–Crippen LogP) is 2.76. The molecule has 3 aromatic rings. The molecule has 0 saturated carbocycles. The molecule has 0 radical (unpaired) electrons. The van der Waals surface area contributed by atoms with E-state index < -0.39 is 11.1 Å².